The largest absolute Gasteiger partial charge is 0.496 e. The molecule has 0 saturated carbocycles. The lowest BCUT2D eigenvalue weighted by molar-refractivity contribution is 0.0722. The highest BCUT2D eigenvalue weighted by atomic mass is 16.6. The Morgan fingerprint density at radius 3 is 2.85 bits per heavy atom. The zero-order valence-corrected chi connectivity index (χ0v) is 20.1. The number of fused-ring (bicyclic) bond motifs is 4. The fraction of sp³-hybridized carbons (Fsp3) is 0.360. The van der Waals surface area contributed by atoms with Gasteiger partial charge in [0.05, 0.1) is 29.6 Å². The Hall–Kier alpha value is -3.88. The second-order valence-electron chi connectivity index (χ2n) is 8.89. The predicted octanol–water partition coefficient (Wildman–Crippen LogP) is 4.50. The minimum Gasteiger partial charge on any atom is -0.496 e. The molecule has 34 heavy (non-hydrogen) atoms. The van der Waals surface area contributed by atoms with Crippen molar-refractivity contribution in [1.29, 1.82) is 0 Å². The summed E-state index contributed by atoms with van der Waals surface area (Å²) in [6.45, 7) is 7.69. The number of nitrogens with two attached hydrogens (primary N) is 1. The molecule has 0 radical (unpaired) electrons. The molecule has 1 aliphatic carbocycles. The molecule has 176 valence electrons. The SMILES string of the molecule is COc1cc2c(cc1CC(C)ON=C(C)C)[nH]c1nc(C)nc(-n3c(N)nc4c3CCC=C4)c12. The van der Waals surface area contributed by atoms with E-state index in [0.717, 1.165) is 69.0 Å². The summed E-state index contributed by atoms with van der Waals surface area (Å²) >= 11 is 0. The van der Waals surface area contributed by atoms with Gasteiger partial charge in [-0.2, -0.15) is 0 Å². The topological polar surface area (TPSA) is 116 Å². The van der Waals surface area contributed by atoms with Gasteiger partial charge >= 0.3 is 0 Å². The number of benzene rings is 1. The number of allylic oxidation sites excluding steroid dienone is 1. The van der Waals surface area contributed by atoms with Crippen molar-refractivity contribution in [3.05, 3.63) is 41.0 Å². The third kappa shape index (κ3) is 3.76. The first kappa shape index (κ1) is 21.9. The number of nitrogen functional groups attached to an aromatic ring is 1. The lowest BCUT2D eigenvalue weighted by atomic mass is 10.0. The van der Waals surface area contributed by atoms with Crippen LogP contribution < -0.4 is 10.5 Å². The quantitative estimate of drug-likeness (QED) is 0.324. The van der Waals surface area contributed by atoms with Gasteiger partial charge in [-0.1, -0.05) is 11.2 Å². The standard InChI is InChI=1S/C25H29N7O2/c1-13(2)31-34-14(3)10-16-11-19-17(12-21(16)33-5)22-23(29-19)27-15(4)28-24(22)32-20-9-7-6-8-18(20)30-25(32)26/h6,8,11-12,14H,7,9-10H2,1-5H3,(H2,26,30)(H,27,28,29). The number of aromatic amines is 1. The molecule has 0 fully saturated rings. The molecule has 3 aromatic heterocycles. The van der Waals surface area contributed by atoms with E-state index in [1.54, 1.807) is 7.11 Å². The Bertz CT molecular complexity index is 1460. The highest BCUT2D eigenvalue weighted by molar-refractivity contribution is 6.10. The van der Waals surface area contributed by atoms with Gasteiger partial charge in [-0.25, -0.2) is 15.0 Å². The van der Waals surface area contributed by atoms with Crippen LogP contribution in [0.1, 0.15) is 50.0 Å². The van der Waals surface area contributed by atoms with Crippen molar-refractivity contribution in [2.45, 2.75) is 53.1 Å². The lowest BCUT2D eigenvalue weighted by Crippen LogP contribution is -2.10. The number of oxime groups is 1. The fourth-order valence-electron chi connectivity index (χ4n) is 4.53. The van der Waals surface area contributed by atoms with Crippen molar-refractivity contribution in [3.8, 4) is 11.6 Å². The van der Waals surface area contributed by atoms with Crippen LogP contribution in [0, 0.1) is 6.92 Å². The van der Waals surface area contributed by atoms with Gasteiger partial charge in [0.15, 0.2) is 5.82 Å². The van der Waals surface area contributed by atoms with Crippen molar-refractivity contribution >= 4 is 39.7 Å². The van der Waals surface area contributed by atoms with Gasteiger partial charge in [0.25, 0.3) is 0 Å². The van der Waals surface area contributed by atoms with E-state index in [9.17, 15) is 0 Å². The van der Waals surface area contributed by atoms with Gasteiger partial charge in [0.1, 0.15) is 23.3 Å². The average molecular weight is 460 g/mol. The summed E-state index contributed by atoms with van der Waals surface area (Å²) in [5.74, 6) is 2.58. The van der Waals surface area contributed by atoms with Crippen LogP contribution in [-0.2, 0) is 17.7 Å². The molecule has 0 spiro atoms. The van der Waals surface area contributed by atoms with Crippen molar-refractivity contribution < 1.29 is 9.57 Å². The van der Waals surface area contributed by atoms with Gasteiger partial charge in [-0.05, 0) is 64.3 Å². The van der Waals surface area contributed by atoms with Gasteiger partial charge in [-0.15, -0.1) is 0 Å². The van der Waals surface area contributed by atoms with Crippen LogP contribution in [0.5, 0.6) is 5.75 Å². The lowest BCUT2D eigenvalue weighted by Gasteiger charge is -2.14. The summed E-state index contributed by atoms with van der Waals surface area (Å²) in [6.07, 6.45) is 6.49. The first-order valence-electron chi connectivity index (χ1n) is 11.4. The summed E-state index contributed by atoms with van der Waals surface area (Å²) in [5.41, 5.74) is 11.9. The number of H-pyrrole nitrogens is 1. The number of imidazole rings is 1. The Morgan fingerprint density at radius 1 is 1.26 bits per heavy atom. The number of rotatable bonds is 6. The fourth-order valence-corrected chi connectivity index (χ4v) is 4.53. The molecule has 3 N–H and O–H groups in total. The molecule has 0 bridgehead atoms. The van der Waals surface area contributed by atoms with E-state index < -0.39 is 0 Å². The second-order valence-corrected chi connectivity index (χ2v) is 8.89. The summed E-state index contributed by atoms with van der Waals surface area (Å²) in [4.78, 5) is 23.1. The summed E-state index contributed by atoms with van der Waals surface area (Å²) in [7, 11) is 1.68. The summed E-state index contributed by atoms with van der Waals surface area (Å²) in [5, 5.41) is 5.95. The zero-order chi connectivity index (χ0) is 24.0. The molecule has 1 aliphatic rings. The third-order valence-electron chi connectivity index (χ3n) is 5.93. The van der Waals surface area contributed by atoms with E-state index in [1.165, 1.54) is 0 Å². The minimum absolute atomic E-state index is 0.103. The van der Waals surface area contributed by atoms with Crippen LogP contribution in [0.15, 0.2) is 23.4 Å². The minimum atomic E-state index is -0.103. The Kier molecular flexibility index (Phi) is 5.47. The second kappa shape index (κ2) is 8.48. The van der Waals surface area contributed by atoms with Gasteiger partial charge in [0.2, 0.25) is 5.95 Å². The summed E-state index contributed by atoms with van der Waals surface area (Å²) in [6, 6.07) is 4.12. The maximum absolute atomic E-state index is 6.39. The number of anilines is 1. The molecule has 1 aromatic carbocycles. The third-order valence-corrected chi connectivity index (χ3v) is 5.93. The molecule has 5 rings (SSSR count). The number of nitrogens with zero attached hydrogens (tertiary/aromatic N) is 5. The molecule has 1 unspecified atom stereocenters. The zero-order valence-electron chi connectivity index (χ0n) is 20.1. The number of aromatic nitrogens is 5. The van der Waals surface area contributed by atoms with E-state index in [1.807, 2.05) is 44.4 Å². The molecule has 4 aromatic rings. The van der Waals surface area contributed by atoms with Crippen LogP contribution in [-0.4, -0.2) is 43.4 Å². The number of methoxy groups -OCH3 is 1. The van der Waals surface area contributed by atoms with Crippen LogP contribution in [0.2, 0.25) is 0 Å². The van der Waals surface area contributed by atoms with Crippen LogP contribution >= 0.6 is 0 Å². The first-order chi connectivity index (χ1) is 16.4. The van der Waals surface area contributed by atoms with E-state index in [4.69, 9.17) is 20.3 Å². The normalized spacial score (nSPS) is 13.8. The van der Waals surface area contributed by atoms with Crippen molar-refractivity contribution in [1.82, 2.24) is 24.5 Å². The molecular formula is C25H29N7O2. The number of hydrogen-bond donors (Lipinski definition) is 2. The smallest absolute Gasteiger partial charge is 0.206 e. The molecular weight excluding hydrogens is 430 g/mol. The van der Waals surface area contributed by atoms with E-state index in [0.29, 0.717) is 18.2 Å². The first-order valence-corrected chi connectivity index (χ1v) is 11.4. The number of aryl methyl sites for hydroxylation is 1. The van der Waals surface area contributed by atoms with Gasteiger partial charge < -0.3 is 20.3 Å². The van der Waals surface area contributed by atoms with Crippen molar-refractivity contribution in [2.75, 3.05) is 12.8 Å². The monoisotopic (exact) mass is 459 g/mol. The van der Waals surface area contributed by atoms with Crippen LogP contribution in [0.3, 0.4) is 0 Å². The maximum atomic E-state index is 6.39. The Morgan fingerprint density at radius 2 is 2.09 bits per heavy atom. The van der Waals surface area contributed by atoms with Crippen LogP contribution in [0.25, 0.3) is 33.8 Å². The van der Waals surface area contributed by atoms with E-state index in [-0.39, 0.29) is 6.10 Å². The number of nitrogens with one attached hydrogen (secondary N) is 1. The Labute approximate surface area is 197 Å². The van der Waals surface area contributed by atoms with Gasteiger partial charge in [0, 0.05) is 17.3 Å². The molecule has 0 amide bonds. The number of hydrogen-bond acceptors (Lipinski definition) is 7. The highest BCUT2D eigenvalue weighted by Crippen LogP contribution is 2.36. The predicted molar refractivity (Wildman–Crippen MR) is 135 cm³/mol. The van der Waals surface area contributed by atoms with Gasteiger partial charge in [-0.3, -0.25) is 4.57 Å². The summed E-state index contributed by atoms with van der Waals surface area (Å²) < 4.78 is 7.73. The molecule has 9 nitrogen and oxygen atoms in total. The Balaban J connectivity index is 1.69. The van der Waals surface area contributed by atoms with Crippen molar-refractivity contribution in [3.63, 3.8) is 0 Å². The van der Waals surface area contributed by atoms with E-state index in [2.05, 4.69) is 32.3 Å². The maximum Gasteiger partial charge on any atom is 0.206 e. The van der Waals surface area contributed by atoms with E-state index >= 15 is 0 Å². The number of ether oxygens (including phenoxy) is 1. The van der Waals surface area contributed by atoms with Crippen LogP contribution in [0.4, 0.5) is 5.95 Å². The molecule has 0 aliphatic heterocycles. The van der Waals surface area contributed by atoms with Crippen molar-refractivity contribution in [2.24, 2.45) is 5.16 Å². The highest BCUT2D eigenvalue weighted by Gasteiger charge is 2.23. The molecule has 9 heteroatoms. The average Bonchev–Trinajstić information content (AvgIpc) is 3.32. The molecule has 1 atom stereocenters. The molecule has 0 saturated heterocycles. The molecule has 3 heterocycles.